The minimum absolute atomic E-state index is 0.417. The first-order valence-electron chi connectivity index (χ1n) is 6.86. The highest BCUT2D eigenvalue weighted by atomic mass is 15.0. The molecule has 2 nitrogen and oxygen atoms in total. The Kier molecular flexibility index (Phi) is 5.76. The summed E-state index contributed by atoms with van der Waals surface area (Å²) in [5.41, 5.74) is 1.77. The molecule has 1 N–H and O–H groups in total. The fourth-order valence-corrected chi connectivity index (χ4v) is 2.15. The van der Waals surface area contributed by atoms with Crippen LogP contribution >= 0.6 is 0 Å². The summed E-state index contributed by atoms with van der Waals surface area (Å²) in [6, 6.07) is 4.28. The predicted molar refractivity (Wildman–Crippen MR) is 75.0 cm³/mol. The van der Waals surface area contributed by atoms with Gasteiger partial charge in [0, 0.05) is 32.0 Å². The van der Waals surface area contributed by atoms with Crippen molar-refractivity contribution in [2.75, 3.05) is 6.54 Å². The molecule has 0 aromatic carbocycles. The van der Waals surface area contributed by atoms with E-state index in [-0.39, 0.29) is 0 Å². The van der Waals surface area contributed by atoms with Crippen LogP contribution in [0.4, 0.5) is 0 Å². The Balaban J connectivity index is 2.23. The van der Waals surface area contributed by atoms with Gasteiger partial charge in [0.1, 0.15) is 0 Å². The number of hydrogen-bond acceptors (Lipinski definition) is 1. The minimum Gasteiger partial charge on any atom is -0.353 e. The Morgan fingerprint density at radius 3 is 2.65 bits per heavy atom. The molecule has 0 atom stereocenters. The van der Waals surface area contributed by atoms with Crippen LogP contribution < -0.4 is 5.32 Å². The van der Waals surface area contributed by atoms with Crippen molar-refractivity contribution in [2.45, 2.75) is 53.0 Å². The van der Waals surface area contributed by atoms with Crippen LogP contribution in [0.5, 0.6) is 0 Å². The van der Waals surface area contributed by atoms with Crippen molar-refractivity contribution in [3.8, 4) is 0 Å². The molecule has 1 rings (SSSR count). The van der Waals surface area contributed by atoms with Crippen molar-refractivity contribution in [3.05, 3.63) is 24.0 Å². The highest BCUT2D eigenvalue weighted by Gasteiger charge is 2.16. The molecule has 0 amide bonds. The highest BCUT2D eigenvalue weighted by molar-refractivity contribution is 5.05. The molecule has 1 aromatic rings. The standard InChI is InChI=1S/C15H28N2/c1-5-6-7-10-15(2,3)13-16-12-14-9-8-11-17(14)4/h8-9,11,16H,5-7,10,12-13H2,1-4H3. The lowest BCUT2D eigenvalue weighted by Gasteiger charge is -2.25. The summed E-state index contributed by atoms with van der Waals surface area (Å²) < 4.78 is 2.18. The van der Waals surface area contributed by atoms with Crippen LogP contribution in [-0.4, -0.2) is 11.1 Å². The Bertz CT molecular complexity index is 312. The van der Waals surface area contributed by atoms with Gasteiger partial charge < -0.3 is 9.88 Å². The van der Waals surface area contributed by atoms with E-state index >= 15 is 0 Å². The zero-order valence-electron chi connectivity index (χ0n) is 11.9. The second-order valence-corrected chi connectivity index (χ2v) is 5.84. The molecule has 2 heteroatoms. The number of aromatic nitrogens is 1. The van der Waals surface area contributed by atoms with Crippen molar-refractivity contribution in [2.24, 2.45) is 12.5 Å². The van der Waals surface area contributed by atoms with E-state index in [2.05, 4.69) is 56.0 Å². The second kappa shape index (κ2) is 6.85. The van der Waals surface area contributed by atoms with Crippen LogP contribution in [0.2, 0.25) is 0 Å². The van der Waals surface area contributed by atoms with Gasteiger partial charge in [-0.25, -0.2) is 0 Å². The smallest absolute Gasteiger partial charge is 0.0359 e. The van der Waals surface area contributed by atoms with Crippen LogP contribution in [0.1, 0.15) is 52.1 Å². The lowest BCUT2D eigenvalue weighted by molar-refractivity contribution is 0.301. The molecule has 0 aliphatic carbocycles. The number of aryl methyl sites for hydroxylation is 1. The summed E-state index contributed by atoms with van der Waals surface area (Å²) in [5.74, 6) is 0. The van der Waals surface area contributed by atoms with Crippen LogP contribution in [0.3, 0.4) is 0 Å². The Morgan fingerprint density at radius 2 is 2.06 bits per heavy atom. The summed E-state index contributed by atoms with van der Waals surface area (Å²) in [4.78, 5) is 0. The molecule has 0 saturated heterocycles. The average molecular weight is 236 g/mol. The summed E-state index contributed by atoms with van der Waals surface area (Å²) in [6.07, 6.45) is 7.45. The highest BCUT2D eigenvalue weighted by Crippen LogP contribution is 2.22. The van der Waals surface area contributed by atoms with Gasteiger partial charge in [-0.1, -0.05) is 40.0 Å². The van der Waals surface area contributed by atoms with Gasteiger partial charge in [-0.05, 0) is 24.0 Å². The van der Waals surface area contributed by atoms with Crippen molar-refractivity contribution >= 4 is 0 Å². The first kappa shape index (κ1) is 14.3. The fraction of sp³-hybridized carbons (Fsp3) is 0.733. The molecule has 17 heavy (non-hydrogen) atoms. The maximum absolute atomic E-state index is 3.57. The number of rotatable bonds is 8. The third-order valence-electron chi connectivity index (χ3n) is 3.42. The average Bonchev–Trinajstić information content (AvgIpc) is 2.64. The van der Waals surface area contributed by atoms with Crippen molar-refractivity contribution < 1.29 is 0 Å². The first-order valence-corrected chi connectivity index (χ1v) is 6.86. The normalized spacial score (nSPS) is 12.0. The molecule has 0 fully saturated rings. The molecular formula is C15H28N2. The maximum Gasteiger partial charge on any atom is 0.0359 e. The Morgan fingerprint density at radius 1 is 1.29 bits per heavy atom. The molecule has 0 radical (unpaired) electrons. The van der Waals surface area contributed by atoms with Gasteiger partial charge in [-0.3, -0.25) is 0 Å². The Hall–Kier alpha value is -0.760. The Labute approximate surface area is 106 Å². The van der Waals surface area contributed by atoms with Gasteiger partial charge in [0.2, 0.25) is 0 Å². The number of hydrogen-bond donors (Lipinski definition) is 1. The molecule has 0 bridgehead atoms. The summed E-state index contributed by atoms with van der Waals surface area (Å²) >= 11 is 0. The van der Waals surface area contributed by atoms with E-state index in [1.165, 1.54) is 31.4 Å². The fourth-order valence-electron chi connectivity index (χ4n) is 2.15. The summed E-state index contributed by atoms with van der Waals surface area (Å²) in [5, 5.41) is 3.57. The molecule has 98 valence electrons. The lowest BCUT2D eigenvalue weighted by atomic mass is 9.87. The van der Waals surface area contributed by atoms with E-state index in [0.29, 0.717) is 5.41 Å². The third-order valence-corrected chi connectivity index (χ3v) is 3.42. The summed E-state index contributed by atoms with van der Waals surface area (Å²) in [7, 11) is 2.10. The largest absolute Gasteiger partial charge is 0.353 e. The monoisotopic (exact) mass is 236 g/mol. The number of nitrogens with zero attached hydrogens (tertiary/aromatic N) is 1. The van der Waals surface area contributed by atoms with E-state index in [9.17, 15) is 0 Å². The topological polar surface area (TPSA) is 17.0 Å². The summed E-state index contributed by atoms with van der Waals surface area (Å²) in [6.45, 7) is 9.06. The minimum atomic E-state index is 0.417. The second-order valence-electron chi connectivity index (χ2n) is 5.84. The number of unbranched alkanes of at least 4 members (excludes halogenated alkanes) is 2. The van der Waals surface area contributed by atoms with Gasteiger partial charge in [-0.15, -0.1) is 0 Å². The van der Waals surface area contributed by atoms with Crippen LogP contribution in [0.15, 0.2) is 18.3 Å². The van der Waals surface area contributed by atoms with E-state index in [1.807, 2.05) is 0 Å². The lowest BCUT2D eigenvalue weighted by Crippen LogP contribution is -2.29. The molecule has 0 aliphatic heterocycles. The van der Waals surface area contributed by atoms with Crippen LogP contribution in [0.25, 0.3) is 0 Å². The third kappa shape index (κ3) is 5.40. The van der Waals surface area contributed by atoms with E-state index in [0.717, 1.165) is 13.1 Å². The predicted octanol–water partition coefficient (Wildman–Crippen LogP) is 3.72. The van der Waals surface area contributed by atoms with E-state index in [1.54, 1.807) is 0 Å². The van der Waals surface area contributed by atoms with Crippen molar-refractivity contribution in [1.82, 2.24) is 9.88 Å². The zero-order chi connectivity index (χ0) is 12.7. The van der Waals surface area contributed by atoms with E-state index < -0.39 is 0 Å². The van der Waals surface area contributed by atoms with Gasteiger partial charge >= 0.3 is 0 Å². The van der Waals surface area contributed by atoms with Gasteiger partial charge in [0.05, 0.1) is 0 Å². The van der Waals surface area contributed by atoms with Gasteiger partial charge in [0.25, 0.3) is 0 Å². The first-order chi connectivity index (χ1) is 8.05. The molecular weight excluding hydrogens is 208 g/mol. The zero-order valence-corrected chi connectivity index (χ0v) is 11.9. The molecule has 0 aliphatic rings. The molecule has 0 unspecified atom stereocenters. The molecule has 0 spiro atoms. The van der Waals surface area contributed by atoms with Crippen LogP contribution in [0, 0.1) is 5.41 Å². The molecule has 0 saturated carbocycles. The van der Waals surface area contributed by atoms with Crippen molar-refractivity contribution in [3.63, 3.8) is 0 Å². The van der Waals surface area contributed by atoms with Crippen molar-refractivity contribution in [1.29, 1.82) is 0 Å². The molecule has 1 aromatic heterocycles. The van der Waals surface area contributed by atoms with Gasteiger partial charge in [-0.2, -0.15) is 0 Å². The van der Waals surface area contributed by atoms with Crippen LogP contribution in [-0.2, 0) is 13.6 Å². The maximum atomic E-state index is 3.57. The quantitative estimate of drug-likeness (QED) is 0.681. The SMILES string of the molecule is CCCCCC(C)(C)CNCc1cccn1C. The number of nitrogens with one attached hydrogen (secondary N) is 1. The van der Waals surface area contributed by atoms with Gasteiger partial charge in [0.15, 0.2) is 0 Å². The molecule has 1 heterocycles. The van der Waals surface area contributed by atoms with E-state index in [4.69, 9.17) is 0 Å².